The van der Waals surface area contributed by atoms with Gasteiger partial charge in [0.1, 0.15) is 5.75 Å². The Bertz CT molecular complexity index is 1310. The lowest BCUT2D eigenvalue weighted by Crippen LogP contribution is -2.42. The molecule has 0 radical (unpaired) electrons. The van der Waals surface area contributed by atoms with Crippen LogP contribution < -0.4 is 4.74 Å². The number of nitrogens with zero attached hydrogens (tertiary/aromatic N) is 1. The molecule has 0 spiro atoms. The van der Waals surface area contributed by atoms with E-state index in [-0.39, 0.29) is 16.9 Å². The first kappa shape index (κ1) is 23.7. The summed E-state index contributed by atoms with van der Waals surface area (Å²) >= 11 is 0. The Kier molecular flexibility index (Phi) is 6.59. The number of benzene rings is 3. The van der Waals surface area contributed by atoms with Gasteiger partial charge in [0.15, 0.2) is 0 Å². The van der Waals surface area contributed by atoms with Gasteiger partial charge in [-0.2, -0.15) is 4.31 Å². The zero-order valence-corrected chi connectivity index (χ0v) is 20.1. The Morgan fingerprint density at radius 2 is 1.41 bits per heavy atom. The van der Waals surface area contributed by atoms with Crippen LogP contribution in [0, 0.1) is 13.8 Å². The standard InChI is InChI=1S/C27H27NO5S/c1-18-4-8-21(9-5-18)26-24(27(29)30)16-17-25(20-10-12-22(33-3)13-11-20)28(26)34(31,32)23-14-6-19(2)7-15-23/h4-16,25-26H,17H2,1-3H3,(H,29,30)/t25-,26-/m0/s1. The highest BCUT2D eigenvalue weighted by atomic mass is 32.2. The molecule has 0 amide bonds. The quantitative estimate of drug-likeness (QED) is 0.528. The van der Waals surface area contributed by atoms with E-state index in [9.17, 15) is 18.3 Å². The summed E-state index contributed by atoms with van der Waals surface area (Å²) in [5, 5.41) is 10.0. The van der Waals surface area contributed by atoms with Crippen molar-refractivity contribution in [2.24, 2.45) is 0 Å². The van der Waals surface area contributed by atoms with Crippen LogP contribution in [-0.2, 0) is 14.8 Å². The minimum Gasteiger partial charge on any atom is -0.497 e. The number of sulfonamides is 1. The van der Waals surface area contributed by atoms with Crippen LogP contribution in [0.4, 0.5) is 0 Å². The molecule has 4 rings (SSSR count). The third-order valence-corrected chi connectivity index (χ3v) is 8.04. The smallest absolute Gasteiger partial charge is 0.333 e. The predicted molar refractivity (Wildman–Crippen MR) is 130 cm³/mol. The van der Waals surface area contributed by atoms with Crippen LogP contribution in [0.5, 0.6) is 5.75 Å². The molecule has 2 atom stereocenters. The van der Waals surface area contributed by atoms with Gasteiger partial charge in [0.05, 0.1) is 29.7 Å². The normalized spacial score (nSPS) is 18.9. The third kappa shape index (κ3) is 4.49. The maximum atomic E-state index is 14.1. The zero-order valence-electron chi connectivity index (χ0n) is 19.3. The van der Waals surface area contributed by atoms with Gasteiger partial charge < -0.3 is 9.84 Å². The van der Waals surface area contributed by atoms with Gasteiger partial charge in [-0.1, -0.05) is 65.7 Å². The SMILES string of the molecule is COc1ccc([C@@H]2CC=C(C(=O)O)[C@H](c3ccc(C)cc3)N2S(=O)(=O)c2ccc(C)cc2)cc1. The van der Waals surface area contributed by atoms with E-state index in [0.717, 1.165) is 16.7 Å². The van der Waals surface area contributed by atoms with Gasteiger partial charge in [0.25, 0.3) is 0 Å². The van der Waals surface area contributed by atoms with Crippen molar-refractivity contribution in [1.29, 1.82) is 0 Å². The minimum atomic E-state index is -4.07. The first-order chi connectivity index (χ1) is 16.2. The average Bonchev–Trinajstić information content (AvgIpc) is 2.84. The van der Waals surface area contributed by atoms with Crippen molar-refractivity contribution in [2.45, 2.75) is 37.2 Å². The molecule has 1 N–H and O–H groups in total. The molecule has 34 heavy (non-hydrogen) atoms. The number of hydrogen-bond acceptors (Lipinski definition) is 4. The number of hydrogen-bond donors (Lipinski definition) is 1. The maximum Gasteiger partial charge on any atom is 0.333 e. The molecule has 6 nitrogen and oxygen atoms in total. The lowest BCUT2D eigenvalue weighted by Gasteiger charge is -2.40. The third-order valence-electron chi connectivity index (χ3n) is 6.15. The topological polar surface area (TPSA) is 83.9 Å². The van der Waals surface area contributed by atoms with Crippen LogP contribution >= 0.6 is 0 Å². The summed E-state index contributed by atoms with van der Waals surface area (Å²) in [6.45, 7) is 3.82. The molecule has 1 heterocycles. The van der Waals surface area contributed by atoms with Crippen LogP contribution in [0.1, 0.15) is 40.8 Å². The van der Waals surface area contributed by atoms with E-state index in [2.05, 4.69) is 0 Å². The number of aryl methyl sites for hydroxylation is 2. The van der Waals surface area contributed by atoms with Crippen LogP contribution in [0.25, 0.3) is 0 Å². The molecule has 3 aromatic rings. The van der Waals surface area contributed by atoms with Gasteiger partial charge in [-0.25, -0.2) is 13.2 Å². The van der Waals surface area contributed by atoms with Gasteiger partial charge >= 0.3 is 5.97 Å². The lowest BCUT2D eigenvalue weighted by molar-refractivity contribution is -0.133. The van der Waals surface area contributed by atoms with E-state index in [1.165, 1.54) is 4.31 Å². The molecular weight excluding hydrogens is 450 g/mol. The second-order valence-electron chi connectivity index (χ2n) is 8.45. The molecule has 0 saturated carbocycles. The molecule has 0 aliphatic carbocycles. The number of carboxylic acid groups (broad SMARTS) is 1. The largest absolute Gasteiger partial charge is 0.497 e. The van der Waals surface area contributed by atoms with Crippen LogP contribution in [-0.4, -0.2) is 30.9 Å². The first-order valence-corrected chi connectivity index (χ1v) is 12.4. The number of carbonyl (C=O) groups is 1. The number of carboxylic acids is 1. The number of ether oxygens (including phenoxy) is 1. The minimum absolute atomic E-state index is 0.0456. The van der Waals surface area contributed by atoms with Crippen molar-refractivity contribution < 1.29 is 23.1 Å². The number of rotatable bonds is 6. The molecule has 0 bridgehead atoms. The van der Waals surface area contributed by atoms with Crippen molar-refractivity contribution in [3.63, 3.8) is 0 Å². The fourth-order valence-corrected chi connectivity index (χ4v) is 6.08. The van der Waals surface area contributed by atoms with Crippen molar-refractivity contribution >= 4 is 16.0 Å². The van der Waals surface area contributed by atoms with Crippen LogP contribution in [0.3, 0.4) is 0 Å². The zero-order chi connectivity index (χ0) is 24.5. The first-order valence-electron chi connectivity index (χ1n) is 11.0. The molecule has 7 heteroatoms. The fourth-order valence-electron chi connectivity index (χ4n) is 4.30. The van der Waals surface area contributed by atoms with Gasteiger partial charge in [-0.15, -0.1) is 0 Å². The van der Waals surface area contributed by atoms with Gasteiger partial charge in [-0.3, -0.25) is 0 Å². The maximum absolute atomic E-state index is 14.1. The predicted octanol–water partition coefficient (Wildman–Crippen LogP) is 5.20. The molecule has 0 saturated heterocycles. The Morgan fingerprint density at radius 1 is 0.882 bits per heavy atom. The molecule has 0 fully saturated rings. The molecule has 0 aromatic heterocycles. The average molecular weight is 478 g/mol. The van der Waals surface area contributed by atoms with E-state index < -0.39 is 28.1 Å². The highest BCUT2D eigenvalue weighted by Gasteiger charge is 2.44. The van der Waals surface area contributed by atoms with Crippen molar-refractivity contribution in [3.05, 3.63) is 107 Å². The number of methoxy groups -OCH3 is 1. The van der Waals surface area contributed by atoms with E-state index in [1.807, 2.05) is 38.1 Å². The Morgan fingerprint density at radius 3 is 1.94 bits per heavy atom. The second kappa shape index (κ2) is 9.44. The fraction of sp³-hybridized carbons (Fsp3) is 0.222. The summed E-state index contributed by atoms with van der Waals surface area (Å²) < 4.78 is 34.8. The summed E-state index contributed by atoms with van der Waals surface area (Å²) in [7, 11) is -2.50. The molecule has 1 aliphatic heterocycles. The summed E-state index contributed by atoms with van der Waals surface area (Å²) in [5.74, 6) is -0.479. The van der Waals surface area contributed by atoms with E-state index >= 15 is 0 Å². The summed E-state index contributed by atoms with van der Waals surface area (Å²) in [4.78, 5) is 12.4. The van der Waals surface area contributed by atoms with Gasteiger partial charge in [0, 0.05) is 0 Å². The van der Waals surface area contributed by atoms with Gasteiger partial charge in [-0.05, 0) is 55.7 Å². The van der Waals surface area contributed by atoms with E-state index in [0.29, 0.717) is 11.3 Å². The van der Waals surface area contributed by atoms with E-state index in [4.69, 9.17) is 4.74 Å². The Hall–Kier alpha value is -3.42. The Balaban J connectivity index is 1.94. The van der Waals surface area contributed by atoms with E-state index in [1.54, 1.807) is 61.7 Å². The Labute approximate surface area is 200 Å². The molecule has 1 aliphatic rings. The second-order valence-corrected chi connectivity index (χ2v) is 10.3. The monoisotopic (exact) mass is 477 g/mol. The summed E-state index contributed by atoms with van der Waals surface area (Å²) in [6, 6.07) is 19.6. The van der Waals surface area contributed by atoms with Crippen LogP contribution in [0.15, 0.2) is 89.3 Å². The summed E-state index contributed by atoms with van der Waals surface area (Å²) in [5.41, 5.74) is 3.34. The molecular formula is C27H27NO5S. The van der Waals surface area contributed by atoms with Gasteiger partial charge in [0.2, 0.25) is 10.0 Å². The van der Waals surface area contributed by atoms with Crippen molar-refractivity contribution in [1.82, 2.24) is 4.31 Å². The van der Waals surface area contributed by atoms with Crippen molar-refractivity contribution in [3.8, 4) is 5.75 Å². The van der Waals surface area contributed by atoms with Crippen molar-refractivity contribution in [2.75, 3.05) is 7.11 Å². The molecule has 0 unspecified atom stereocenters. The lowest BCUT2D eigenvalue weighted by atomic mass is 9.89. The van der Waals surface area contributed by atoms with Crippen LogP contribution in [0.2, 0.25) is 0 Å². The highest BCUT2D eigenvalue weighted by molar-refractivity contribution is 7.89. The molecule has 3 aromatic carbocycles. The molecule has 176 valence electrons. The summed E-state index contributed by atoms with van der Waals surface area (Å²) in [6.07, 6.45) is 1.88. The number of aliphatic carboxylic acids is 1. The highest BCUT2D eigenvalue weighted by Crippen LogP contribution is 2.45.